The quantitative estimate of drug-likeness (QED) is 0.591. The number of rotatable bonds is 7. The molecular weight excluding hydrogens is 324 g/mol. The van der Waals surface area contributed by atoms with Crippen molar-refractivity contribution in [2.24, 2.45) is 4.99 Å². The Morgan fingerprint density at radius 1 is 1.12 bits per heavy atom. The van der Waals surface area contributed by atoms with Gasteiger partial charge in [-0.05, 0) is 31.0 Å². The van der Waals surface area contributed by atoms with Crippen LogP contribution in [-0.4, -0.2) is 17.7 Å². The molecule has 1 heterocycles. The minimum atomic E-state index is 0.595. The Kier molecular flexibility index (Phi) is 7.12. The van der Waals surface area contributed by atoms with E-state index in [-0.39, 0.29) is 0 Å². The molecule has 0 saturated heterocycles. The zero-order valence-electron chi connectivity index (χ0n) is 14.5. The molecule has 2 aromatic rings. The van der Waals surface area contributed by atoms with Crippen LogP contribution in [-0.2, 0) is 25.9 Å². The van der Waals surface area contributed by atoms with Crippen LogP contribution in [0.25, 0.3) is 0 Å². The molecule has 1 aromatic heterocycles. The third-order valence-corrected chi connectivity index (χ3v) is 3.97. The van der Waals surface area contributed by atoms with Crippen LogP contribution >= 0.6 is 11.6 Å². The highest BCUT2D eigenvalue weighted by atomic mass is 35.5. The first-order valence-corrected chi connectivity index (χ1v) is 8.78. The standard InChI is InChI=1S/C18H25ClN4O/c1-4-16-15(17(5-2)24-23-16)12-22-18(20-6-3)21-11-13-7-9-14(19)10-8-13/h7-10H,4-6,11-12H2,1-3H3,(H2,20,21,22). The molecule has 1 aromatic carbocycles. The Morgan fingerprint density at radius 3 is 2.50 bits per heavy atom. The number of nitrogens with zero attached hydrogens (tertiary/aromatic N) is 2. The largest absolute Gasteiger partial charge is 0.361 e. The molecule has 0 fully saturated rings. The Balaban J connectivity index is 2.04. The van der Waals surface area contributed by atoms with Crippen LogP contribution in [0.3, 0.4) is 0 Å². The van der Waals surface area contributed by atoms with Gasteiger partial charge in [-0.15, -0.1) is 0 Å². The third kappa shape index (κ3) is 4.99. The highest BCUT2D eigenvalue weighted by Gasteiger charge is 2.13. The number of halogens is 1. The topological polar surface area (TPSA) is 62.5 Å². The Bertz CT molecular complexity index is 643. The maximum Gasteiger partial charge on any atom is 0.191 e. The maximum atomic E-state index is 5.91. The van der Waals surface area contributed by atoms with Gasteiger partial charge in [0.25, 0.3) is 0 Å². The molecule has 130 valence electrons. The third-order valence-electron chi connectivity index (χ3n) is 3.72. The molecule has 24 heavy (non-hydrogen) atoms. The van der Waals surface area contributed by atoms with E-state index in [2.05, 4.69) is 34.6 Å². The summed E-state index contributed by atoms with van der Waals surface area (Å²) in [5, 5.41) is 11.5. The van der Waals surface area contributed by atoms with E-state index >= 15 is 0 Å². The van der Waals surface area contributed by atoms with E-state index in [4.69, 9.17) is 16.1 Å². The molecule has 0 atom stereocenters. The van der Waals surface area contributed by atoms with Crippen LogP contribution in [0.5, 0.6) is 0 Å². The summed E-state index contributed by atoms with van der Waals surface area (Å²) in [6.45, 7) is 8.26. The van der Waals surface area contributed by atoms with Gasteiger partial charge in [-0.2, -0.15) is 0 Å². The molecule has 0 aliphatic rings. The van der Waals surface area contributed by atoms with Crippen LogP contribution in [0.2, 0.25) is 5.02 Å². The van der Waals surface area contributed by atoms with Crippen LogP contribution in [0.15, 0.2) is 33.8 Å². The average Bonchev–Trinajstić information content (AvgIpc) is 3.00. The first-order chi connectivity index (χ1) is 11.7. The van der Waals surface area contributed by atoms with Gasteiger partial charge in [0, 0.05) is 30.1 Å². The molecule has 0 amide bonds. The molecule has 0 aliphatic heterocycles. The second kappa shape index (κ2) is 9.33. The van der Waals surface area contributed by atoms with E-state index in [1.54, 1.807) is 0 Å². The highest BCUT2D eigenvalue weighted by Crippen LogP contribution is 2.15. The van der Waals surface area contributed by atoms with Gasteiger partial charge < -0.3 is 15.2 Å². The Labute approximate surface area is 148 Å². The fourth-order valence-corrected chi connectivity index (χ4v) is 2.54. The number of guanidine groups is 1. The van der Waals surface area contributed by atoms with Gasteiger partial charge >= 0.3 is 0 Å². The molecule has 0 saturated carbocycles. The van der Waals surface area contributed by atoms with Crippen molar-refractivity contribution in [3.05, 3.63) is 51.9 Å². The van der Waals surface area contributed by atoms with Gasteiger partial charge in [0.15, 0.2) is 5.96 Å². The first kappa shape index (κ1) is 18.3. The Morgan fingerprint density at radius 2 is 1.88 bits per heavy atom. The van der Waals surface area contributed by atoms with Crippen molar-refractivity contribution >= 4 is 17.6 Å². The number of aryl methyl sites for hydroxylation is 2. The molecule has 0 unspecified atom stereocenters. The number of aliphatic imine (C=N–C) groups is 1. The molecular formula is C18H25ClN4O. The van der Waals surface area contributed by atoms with Crippen LogP contribution in [0.1, 0.15) is 43.4 Å². The molecule has 2 rings (SSSR count). The van der Waals surface area contributed by atoms with E-state index in [0.717, 1.165) is 52.9 Å². The predicted molar refractivity (Wildman–Crippen MR) is 98.4 cm³/mol. The number of hydrogen-bond donors (Lipinski definition) is 2. The van der Waals surface area contributed by atoms with E-state index in [1.807, 2.05) is 31.2 Å². The number of hydrogen-bond acceptors (Lipinski definition) is 3. The summed E-state index contributed by atoms with van der Waals surface area (Å²) in [4.78, 5) is 4.62. The minimum absolute atomic E-state index is 0.595. The maximum absolute atomic E-state index is 5.91. The number of benzene rings is 1. The van der Waals surface area contributed by atoms with Crippen molar-refractivity contribution in [2.75, 3.05) is 6.54 Å². The molecule has 5 nitrogen and oxygen atoms in total. The lowest BCUT2D eigenvalue weighted by Crippen LogP contribution is -2.37. The predicted octanol–water partition coefficient (Wildman–Crippen LogP) is 3.71. The summed E-state index contributed by atoms with van der Waals surface area (Å²) >= 11 is 5.91. The number of nitrogens with one attached hydrogen (secondary N) is 2. The van der Waals surface area contributed by atoms with E-state index in [0.29, 0.717) is 13.1 Å². The molecule has 0 spiro atoms. The monoisotopic (exact) mass is 348 g/mol. The second-order valence-electron chi connectivity index (χ2n) is 5.41. The summed E-state index contributed by atoms with van der Waals surface area (Å²) in [6.07, 6.45) is 1.70. The minimum Gasteiger partial charge on any atom is -0.361 e. The van der Waals surface area contributed by atoms with E-state index < -0.39 is 0 Å². The normalized spacial score (nSPS) is 11.6. The zero-order chi connectivity index (χ0) is 17.4. The van der Waals surface area contributed by atoms with Crippen molar-refractivity contribution in [2.45, 2.75) is 46.7 Å². The van der Waals surface area contributed by atoms with Crippen molar-refractivity contribution < 1.29 is 4.52 Å². The van der Waals surface area contributed by atoms with Gasteiger partial charge in [0.2, 0.25) is 0 Å². The summed E-state index contributed by atoms with van der Waals surface area (Å²) in [6, 6.07) is 7.73. The summed E-state index contributed by atoms with van der Waals surface area (Å²) in [7, 11) is 0. The summed E-state index contributed by atoms with van der Waals surface area (Å²) < 4.78 is 5.41. The van der Waals surface area contributed by atoms with E-state index in [1.165, 1.54) is 0 Å². The van der Waals surface area contributed by atoms with Crippen molar-refractivity contribution in [3.63, 3.8) is 0 Å². The zero-order valence-corrected chi connectivity index (χ0v) is 15.3. The van der Waals surface area contributed by atoms with E-state index in [9.17, 15) is 0 Å². The summed E-state index contributed by atoms with van der Waals surface area (Å²) in [5.74, 6) is 1.71. The van der Waals surface area contributed by atoms with Crippen LogP contribution in [0, 0.1) is 0 Å². The van der Waals surface area contributed by atoms with Crippen molar-refractivity contribution in [1.29, 1.82) is 0 Å². The number of aromatic nitrogens is 1. The lowest BCUT2D eigenvalue weighted by Gasteiger charge is -2.11. The molecule has 2 N–H and O–H groups in total. The SMILES string of the molecule is CCNC(=NCc1ccc(Cl)cc1)NCc1c(CC)noc1CC. The van der Waals surface area contributed by atoms with Gasteiger partial charge in [-0.3, -0.25) is 0 Å². The first-order valence-electron chi connectivity index (χ1n) is 8.40. The van der Waals surface area contributed by atoms with Crippen LogP contribution in [0.4, 0.5) is 0 Å². The average molecular weight is 349 g/mol. The van der Waals surface area contributed by atoms with Gasteiger partial charge in [-0.25, -0.2) is 4.99 Å². The van der Waals surface area contributed by atoms with Gasteiger partial charge in [0.05, 0.1) is 12.2 Å². The van der Waals surface area contributed by atoms with Crippen molar-refractivity contribution in [1.82, 2.24) is 15.8 Å². The van der Waals surface area contributed by atoms with Gasteiger partial charge in [-0.1, -0.05) is 42.7 Å². The molecule has 6 heteroatoms. The van der Waals surface area contributed by atoms with Crippen LogP contribution < -0.4 is 10.6 Å². The fourth-order valence-electron chi connectivity index (χ4n) is 2.41. The lowest BCUT2D eigenvalue weighted by molar-refractivity contribution is 0.380. The van der Waals surface area contributed by atoms with Gasteiger partial charge in [0.1, 0.15) is 5.76 Å². The smallest absolute Gasteiger partial charge is 0.191 e. The molecule has 0 bridgehead atoms. The van der Waals surface area contributed by atoms with Crippen molar-refractivity contribution in [3.8, 4) is 0 Å². The Hall–Kier alpha value is -2.01. The molecule has 0 aliphatic carbocycles. The highest BCUT2D eigenvalue weighted by molar-refractivity contribution is 6.30. The summed E-state index contributed by atoms with van der Waals surface area (Å²) in [5.41, 5.74) is 3.26. The second-order valence-corrected chi connectivity index (χ2v) is 5.85. The lowest BCUT2D eigenvalue weighted by atomic mass is 10.1. The fraction of sp³-hybridized carbons (Fsp3) is 0.444. The molecule has 0 radical (unpaired) electrons.